The highest BCUT2D eigenvalue weighted by atomic mass is 79.9. The molecule has 0 aromatic carbocycles. The van der Waals surface area contributed by atoms with E-state index in [4.69, 9.17) is 11.6 Å². The lowest BCUT2D eigenvalue weighted by molar-refractivity contribution is 0.559. The SMILES string of the molecule is CC(C)(CNc1nc(Cl)ncc1Br)S(C)(=O)=O. The van der Waals surface area contributed by atoms with Crippen molar-refractivity contribution >= 4 is 43.2 Å². The van der Waals surface area contributed by atoms with Crippen molar-refractivity contribution in [2.45, 2.75) is 18.6 Å². The number of rotatable bonds is 4. The molecule has 1 N–H and O–H groups in total. The third-order valence-electron chi connectivity index (χ3n) is 2.40. The van der Waals surface area contributed by atoms with E-state index in [-0.39, 0.29) is 11.8 Å². The van der Waals surface area contributed by atoms with Crippen molar-refractivity contribution in [2.75, 3.05) is 18.1 Å². The van der Waals surface area contributed by atoms with Gasteiger partial charge >= 0.3 is 0 Å². The van der Waals surface area contributed by atoms with E-state index in [2.05, 4.69) is 31.2 Å². The fourth-order valence-electron chi connectivity index (χ4n) is 0.897. The number of nitrogens with one attached hydrogen (secondary N) is 1. The first-order valence-electron chi connectivity index (χ1n) is 4.75. The molecule has 1 rings (SSSR count). The van der Waals surface area contributed by atoms with Crippen molar-refractivity contribution in [3.63, 3.8) is 0 Å². The van der Waals surface area contributed by atoms with Gasteiger partial charge in [-0.3, -0.25) is 0 Å². The molecule has 0 spiro atoms. The van der Waals surface area contributed by atoms with Gasteiger partial charge in [0.1, 0.15) is 5.82 Å². The lowest BCUT2D eigenvalue weighted by atomic mass is 10.2. The maximum Gasteiger partial charge on any atom is 0.224 e. The van der Waals surface area contributed by atoms with Crippen LogP contribution in [0.4, 0.5) is 5.82 Å². The van der Waals surface area contributed by atoms with Crippen LogP contribution in [0.15, 0.2) is 10.7 Å². The van der Waals surface area contributed by atoms with Gasteiger partial charge in [0.05, 0.1) is 9.22 Å². The van der Waals surface area contributed by atoms with Crippen molar-refractivity contribution in [1.29, 1.82) is 0 Å². The van der Waals surface area contributed by atoms with Gasteiger partial charge in [-0.05, 0) is 41.4 Å². The Morgan fingerprint density at radius 2 is 2.12 bits per heavy atom. The highest BCUT2D eigenvalue weighted by Crippen LogP contribution is 2.22. The molecule has 0 atom stereocenters. The van der Waals surface area contributed by atoms with Gasteiger partial charge in [-0.1, -0.05) is 0 Å². The molecule has 5 nitrogen and oxygen atoms in total. The molecular formula is C9H13BrClN3O2S. The monoisotopic (exact) mass is 341 g/mol. The summed E-state index contributed by atoms with van der Waals surface area (Å²) in [4.78, 5) is 7.74. The van der Waals surface area contributed by atoms with E-state index >= 15 is 0 Å². The summed E-state index contributed by atoms with van der Waals surface area (Å²) < 4.78 is 22.8. The highest BCUT2D eigenvalue weighted by molar-refractivity contribution is 9.10. The van der Waals surface area contributed by atoms with E-state index in [1.54, 1.807) is 13.8 Å². The Morgan fingerprint density at radius 1 is 1.53 bits per heavy atom. The summed E-state index contributed by atoms with van der Waals surface area (Å²) in [5.74, 6) is 0.474. The first-order valence-corrected chi connectivity index (χ1v) is 7.81. The fourth-order valence-corrected chi connectivity index (χ4v) is 1.70. The van der Waals surface area contributed by atoms with Crippen LogP contribution in [0.25, 0.3) is 0 Å². The molecular weight excluding hydrogens is 330 g/mol. The summed E-state index contributed by atoms with van der Waals surface area (Å²) >= 11 is 8.91. The summed E-state index contributed by atoms with van der Waals surface area (Å²) in [6.07, 6.45) is 2.71. The van der Waals surface area contributed by atoms with E-state index in [0.717, 1.165) is 0 Å². The van der Waals surface area contributed by atoms with Gasteiger partial charge in [0.2, 0.25) is 5.28 Å². The number of nitrogens with zero attached hydrogens (tertiary/aromatic N) is 2. The average Bonchev–Trinajstić information content (AvgIpc) is 2.18. The summed E-state index contributed by atoms with van der Waals surface area (Å²) in [6, 6.07) is 0. The van der Waals surface area contributed by atoms with Gasteiger partial charge in [-0.25, -0.2) is 13.4 Å². The predicted octanol–water partition coefficient (Wildman–Crippen LogP) is 2.13. The van der Waals surface area contributed by atoms with E-state index < -0.39 is 14.6 Å². The molecule has 0 radical (unpaired) electrons. The normalized spacial score (nSPS) is 12.5. The smallest absolute Gasteiger partial charge is 0.224 e. The van der Waals surface area contributed by atoms with Gasteiger partial charge in [0.15, 0.2) is 9.84 Å². The largest absolute Gasteiger partial charge is 0.367 e. The van der Waals surface area contributed by atoms with Crippen LogP contribution in [0.2, 0.25) is 5.28 Å². The standard InChI is InChI=1S/C9H13BrClN3O2S/c1-9(2,17(3,15)16)5-13-7-6(10)4-12-8(11)14-7/h4H,5H2,1-3H3,(H,12,13,14). The van der Waals surface area contributed by atoms with Crippen LogP contribution in [0, 0.1) is 0 Å². The minimum absolute atomic E-state index is 0.105. The number of aromatic nitrogens is 2. The zero-order valence-corrected chi connectivity index (χ0v) is 12.8. The van der Waals surface area contributed by atoms with E-state index in [9.17, 15) is 8.42 Å². The number of sulfone groups is 1. The minimum Gasteiger partial charge on any atom is -0.367 e. The third kappa shape index (κ3) is 3.79. The zero-order valence-electron chi connectivity index (χ0n) is 9.66. The molecule has 1 aromatic heterocycles. The molecule has 0 saturated heterocycles. The first kappa shape index (κ1) is 14.7. The van der Waals surface area contributed by atoms with Crippen molar-refractivity contribution in [3.8, 4) is 0 Å². The Hall–Kier alpha value is -0.400. The second-order valence-electron chi connectivity index (χ2n) is 4.22. The number of hydrogen-bond acceptors (Lipinski definition) is 5. The number of hydrogen-bond donors (Lipinski definition) is 1. The first-order chi connectivity index (χ1) is 7.63. The summed E-state index contributed by atoms with van der Waals surface area (Å²) in [5, 5.41) is 3.04. The summed E-state index contributed by atoms with van der Waals surface area (Å²) in [5.41, 5.74) is 0. The highest BCUT2D eigenvalue weighted by Gasteiger charge is 2.30. The van der Waals surface area contributed by atoms with Gasteiger partial charge in [-0.15, -0.1) is 0 Å². The Bertz CT molecular complexity index is 519. The van der Waals surface area contributed by atoms with Crippen molar-refractivity contribution in [1.82, 2.24) is 9.97 Å². The maximum absolute atomic E-state index is 11.5. The van der Waals surface area contributed by atoms with Crippen LogP contribution in [0.1, 0.15) is 13.8 Å². The lowest BCUT2D eigenvalue weighted by Crippen LogP contribution is -2.38. The van der Waals surface area contributed by atoms with Crippen molar-refractivity contribution in [3.05, 3.63) is 16.0 Å². The van der Waals surface area contributed by atoms with Crippen molar-refractivity contribution < 1.29 is 8.42 Å². The fraction of sp³-hybridized carbons (Fsp3) is 0.556. The molecule has 0 fully saturated rings. The molecule has 0 aliphatic heterocycles. The Kier molecular flexibility index (Phi) is 4.38. The van der Waals surface area contributed by atoms with Crippen LogP contribution in [-0.4, -0.2) is 35.9 Å². The molecule has 17 heavy (non-hydrogen) atoms. The van der Waals surface area contributed by atoms with Crippen molar-refractivity contribution in [2.24, 2.45) is 0 Å². The Labute approximate surface area is 114 Å². The molecule has 8 heteroatoms. The molecule has 0 bridgehead atoms. The van der Waals surface area contributed by atoms with Crippen LogP contribution in [0.5, 0.6) is 0 Å². The summed E-state index contributed by atoms with van der Waals surface area (Å²) in [6.45, 7) is 3.52. The average molecular weight is 343 g/mol. The molecule has 0 aliphatic carbocycles. The van der Waals surface area contributed by atoms with Gasteiger partial charge in [-0.2, -0.15) is 4.98 Å². The molecule has 0 unspecified atom stereocenters. The van der Waals surface area contributed by atoms with Gasteiger partial charge in [0.25, 0.3) is 0 Å². The Balaban J connectivity index is 2.84. The van der Waals surface area contributed by atoms with Gasteiger partial charge in [0, 0.05) is 19.0 Å². The third-order valence-corrected chi connectivity index (χ3v) is 5.31. The molecule has 96 valence electrons. The molecule has 1 heterocycles. The quantitative estimate of drug-likeness (QED) is 0.849. The lowest BCUT2D eigenvalue weighted by Gasteiger charge is -2.23. The van der Waals surface area contributed by atoms with E-state index in [0.29, 0.717) is 10.3 Å². The molecule has 1 aromatic rings. The van der Waals surface area contributed by atoms with Crippen LogP contribution >= 0.6 is 27.5 Å². The molecule has 0 saturated carbocycles. The molecule has 0 aliphatic rings. The van der Waals surface area contributed by atoms with E-state index in [1.165, 1.54) is 12.5 Å². The van der Waals surface area contributed by atoms with Crippen LogP contribution in [0.3, 0.4) is 0 Å². The van der Waals surface area contributed by atoms with E-state index in [1.807, 2.05) is 0 Å². The summed E-state index contributed by atoms with van der Waals surface area (Å²) in [7, 11) is -3.15. The second-order valence-corrected chi connectivity index (χ2v) is 8.06. The minimum atomic E-state index is -3.15. The van der Waals surface area contributed by atoms with Crippen LogP contribution in [-0.2, 0) is 9.84 Å². The van der Waals surface area contributed by atoms with Crippen LogP contribution < -0.4 is 5.32 Å². The maximum atomic E-state index is 11.5. The number of halogens is 2. The topological polar surface area (TPSA) is 72.0 Å². The number of anilines is 1. The Morgan fingerprint density at radius 3 is 2.65 bits per heavy atom. The zero-order chi connectivity index (χ0) is 13.3. The molecule has 0 amide bonds. The second kappa shape index (κ2) is 5.07. The predicted molar refractivity (Wildman–Crippen MR) is 72.2 cm³/mol. The van der Waals surface area contributed by atoms with Gasteiger partial charge < -0.3 is 5.32 Å².